The van der Waals surface area contributed by atoms with Crippen LogP contribution in [0.1, 0.15) is 44.7 Å². The van der Waals surface area contributed by atoms with Crippen LogP contribution >= 0.6 is 11.3 Å². The van der Waals surface area contributed by atoms with Crippen LogP contribution in [0.4, 0.5) is 24.0 Å². The second kappa shape index (κ2) is 8.37. The van der Waals surface area contributed by atoms with Crippen LogP contribution in [0.25, 0.3) is 21.7 Å². The van der Waals surface area contributed by atoms with Gasteiger partial charge in [-0.1, -0.05) is 0 Å². The first-order chi connectivity index (χ1) is 16.5. The molecule has 1 aromatic carbocycles. The maximum atomic E-state index is 14.0. The van der Waals surface area contributed by atoms with Crippen molar-refractivity contribution in [3.8, 4) is 10.6 Å². The molecule has 2 aromatic heterocycles. The number of aliphatic hydroxyl groups is 1. The number of thiazole rings is 1. The summed E-state index contributed by atoms with van der Waals surface area (Å²) in [5.41, 5.74) is -1.96. The zero-order valence-corrected chi connectivity index (χ0v) is 20.2. The van der Waals surface area contributed by atoms with E-state index in [1.54, 1.807) is 42.1 Å². The molecule has 1 N–H and O–H groups in total. The zero-order valence-electron chi connectivity index (χ0n) is 19.4. The number of fused-ring (bicyclic) bond motifs is 3. The molecule has 35 heavy (non-hydrogen) atoms. The first-order valence-corrected chi connectivity index (χ1v) is 12.1. The molecule has 0 aliphatic carbocycles. The third kappa shape index (κ3) is 4.33. The fraction of sp³-hybridized carbons (Fsp3) is 0.522. The number of alkyl halides is 3. The van der Waals surface area contributed by atoms with Gasteiger partial charge in [0.25, 0.3) is 6.01 Å². The molecule has 2 unspecified atom stereocenters. The summed E-state index contributed by atoms with van der Waals surface area (Å²) in [6, 6.07) is 1.00. The molecule has 2 fully saturated rings. The van der Waals surface area contributed by atoms with Crippen LogP contribution in [-0.2, 0) is 17.5 Å². The topological polar surface area (TPSA) is 91.9 Å². The second-order valence-electron chi connectivity index (χ2n) is 9.80. The van der Waals surface area contributed by atoms with Gasteiger partial charge in [0.15, 0.2) is 5.58 Å². The third-order valence-corrected chi connectivity index (χ3v) is 7.02. The van der Waals surface area contributed by atoms with Crippen molar-refractivity contribution < 1.29 is 32.2 Å². The molecular formula is C23H25F3N4O4S. The van der Waals surface area contributed by atoms with E-state index in [1.165, 1.54) is 17.4 Å². The highest BCUT2D eigenvalue weighted by atomic mass is 32.1. The summed E-state index contributed by atoms with van der Waals surface area (Å²) in [5, 5.41) is 11.9. The number of amides is 1. The van der Waals surface area contributed by atoms with Gasteiger partial charge in [-0.15, -0.1) is 11.3 Å². The van der Waals surface area contributed by atoms with Gasteiger partial charge in [-0.2, -0.15) is 18.2 Å². The lowest BCUT2D eigenvalue weighted by Gasteiger charge is -2.40. The molecule has 188 valence electrons. The van der Waals surface area contributed by atoms with Gasteiger partial charge < -0.3 is 19.2 Å². The second-order valence-corrected chi connectivity index (χ2v) is 10.7. The highest BCUT2D eigenvalue weighted by Crippen LogP contribution is 2.44. The molecule has 2 bridgehead atoms. The molecule has 2 aliphatic heterocycles. The number of rotatable bonds is 3. The van der Waals surface area contributed by atoms with E-state index < -0.39 is 23.9 Å². The van der Waals surface area contributed by atoms with Crippen molar-refractivity contribution in [3.05, 3.63) is 28.8 Å². The number of aromatic nitrogens is 2. The Kier molecular flexibility index (Phi) is 5.71. The SMILES string of the molecule is CC(C)(C)OC(=O)N1C2CCC1CN(c1nc3c(C(F)(F)F)c(CO)cc(-c4nccs4)c3o1)C2. The van der Waals surface area contributed by atoms with Crippen molar-refractivity contribution in [3.63, 3.8) is 0 Å². The Labute approximate surface area is 203 Å². The van der Waals surface area contributed by atoms with E-state index in [2.05, 4.69) is 9.97 Å². The van der Waals surface area contributed by atoms with Crippen molar-refractivity contribution in [2.75, 3.05) is 18.0 Å². The standard InChI is InChI=1S/C23H25F3N4O4S/c1-22(2,3)34-21(32)30-13-4-5-14(30)10-29(9-13)20-28-17-16(23(24,25)26)12(11-31)8-15(18(17)33-20)19-27-6-7-35-19/h6-8,13-14,31H,4-5,9-11H2,1-3H3. The fourth-order valence-corrected chi connectivity index (χ4v) is 5.54. The van der Waals surface area contributed by atoms with Gasteiger partial charge in [0, 0.05) is 24.7 Å². The molecule has 0 saturated carbocycles. The Morgan fingerprint density at radius 2 is 1.94 bits per heavy atom. The van der Waals surface area contributed by atoms with E-state index in [9.17, 15) is 23.1 Å². The number of carbonyl (C=O) groups excluding carboxylic acids is 1. The van der Waals surface area contributed by atoms with E-state index in [0.717, 1.165) is 12.8 Å². The lowest BCUT2D eigenvalue weighted by atomic mass is 10.0. The fourth-order valence-electron chi connectivity index (χ4n) is 4.89. The first-order valence-electron chi connectivity index (χ1n) is 11.3. The zero-order chi connectivity index (χ0) is 25.1. The van der Waals surface area contributed by atoms with Crippen LogP contribution in [0.3, 0.4) is 0 Å². The van der Waals surface area contributed by atoms with Crippen molar-refractivity contribution in [2.24, 2.45) is 0 Å². The highest BCUT2D eigenvalue weighted by Gasteiger charge is 2.46. The minimum atomic E-state index is -4.74. The number of hydrogen-bond acceptors (Lipinski definition) is 8. The number of anilines is 1. The number of hydrogen-bond donors (Lipinski definition) is 1. The molecule has 2 saturated heterocycles. The van der Waals surface area contributed by atoms with E-state index in [1.807, 2.05) is 0 Å². The molecule has 4 heterocycles. The van der Waals surface area contributed by atoms with Crippen molar-refractivity contribution in [1.29, 1.82) is 0 Å². The van der Waals surface area contributed by atoms with E-state index >= 15 is 0 Å². The normalized spacial score (nSPS) is 20.7. The van der Waals surface area contributed by atoms with Gasteiger partial charge in [0.05, 0.1) is 29.8 Å². The predicted octanol–water partition coefficient (Wildman–Crippen LogP) is 5.05. The van der Waals surface area contributed by atoms with Gasteiger partial charge in [0.2, 0.25) is 0 Å². The van der Waals surface area contributed by atoms with Gasteiger partial charge in [0.1, 0.15) is 16.1 Å². The van der Waals surface area contributed by atoms with Crippen LogP contribution < -0.4 is 4.90 Å². The summed E-state index contributed by atoms with van der Waals surface area (Å²) in [6.07, 6.45) is -2.06. The molecule has 1 amide bonds. The molecule has 0 spiro atoms. The summed E-state index contributed by atoms with van der Waals surface area (Å²) in [6.45, 7) is 5.34. The quantitative estimate of drug-likeness (QED) is 0.527. The summed E-state index contributed by atoms with van der Waals surface area (Å²) in [7, 11) is 0. The molecular weight excluding hydrogens is 485 g/mol. The third-order valence-electron chi connectivity index (χ3n) is 6.21. The highest BCUT2D eigenvalue weighted by molar-refractivity contribution is 7.13. The van der Waals surface area contributed by atoms with E-state index in [-0.39, 0.29) is 40.9 Å². The number of piperazine rings is 1. The smallest absolute Gasteiger partial charge is 0.418 e. The molecule has 0 radical (unpaired) electrons. The summed E-state index contributed by atoms with van der Waals surface area (Å²) < 4.78 is 53.6. The first kappa shape index (κ1) is 23.9. The number of ether oxygens (including phenoxy) is 1. The minimum Gasteiger partial charge on any atom is -0.444 e. The number of aliphatic hydroxyl groups excluding tert-OH is 1. The maximum Gasteiger partial charge on any atom is 0.418 e. The Hall–Kier alpha value is -2.86. The largest absolute Gasteiger partial charge is 0.444 e. The van der Waals surface area contributed by atoms with Crippen LogP contribution in [0.5, 0.6) is 0 Å². The predicted molar refractivity (Wildman–Crippen MR) is 123 cm³/mol. The van der Waals surface area contributed by atoms with Gasteiger partial charge >= 0.3 is 12.3 Å². The Morgan fingerprint density at radius 1 is 1.26 bits per heavy atom. The number of oxazole rings is 1. The molecule has 5 rings (SSSR count). The molecule has 3 aromatic rings. The van der Waals surface area contributed by atoms with Gasteiger partial charge in [-0.3, -0.25) is 4.90 Å². The lowest BCUT2D eigenvalue weighted by Crippen LogP contribution is -2.56. The summed E-state index contributed by atoms with van der Waals surface area (Å²) in [4.78, 5) is 24.8. The molecule has 2 aliphatic rings. The number of nitrogens with zero attached hydrogens (tertiary/aromatic N) is 4. The number of carbonyl (C=O) groups is 1. The van der Waals surface area contributed by atoms with E-state index in [0.29, 0.717) is 23.7 Å². The summed E-state index contributed by atoms with van der Waals surface area (Å²) in [5.74, 6) is 0. The average molecular weight is 511 g/mol. The van der Waals surface area contributed by atoms with Crippen LogP contribution in [0.15, 0.2) is 22.1 Å². The monoisotopic (exact) mass is 510 g/mol. The average Bonchev–Trinajstić information content (AvgIpc) is 3.48. The van der Waals surface area contributed by atoms with Crippen molar-refractivity contribution in [1.82, 2.24) is 14.9 Å². The Balaban J connectivity index is 1.54. The number of halogens is 3. The van der Waals surface area contributed by atoms with E-state index in [4.69, 9.17) is 9.15 Å². The Morgan fingerprint density at radius 3 is 2.49 bits per heavy atom. The maximum absolute atomic E-state index is 14.0. The van der Waals surface area contributed by atoms with Crippen LogP contribution in [-0.4, -0.2) is 56.8 Å². The minimum absolute atomic E-state index is 0.0265. The van der Waals surface area contributed by atoms with Crippen molar-refractivity contribution in [2.45, 2.75) is 64.1 Å². The van der Waals surface area contributed by atoms with Gasteiger partial charge in [-0.05, 0) is 45.2 Å². The van der Waals surface area contributed by atoms with Crippen LogP contribution in [0, 0.1) is 0 Å². The van der Waals surface area contributed by atoms with Crippen LogP contribution in [0.2, 0.25) is 0 Å². The Bertz CT molecular complexity index is 1240. The molecule has 12 heteroatoms. The molecule has 8 nitrogen and oxygen atoms in total. The lowest BCUT2D eigenvalue weighted by molar-refractivity contribution is -0.137. The van der Waals surface area contributed by atoms with Crippen molar-refractivity contribution >= 4 is 34.5 Å². The molecule has 2 atom stereocenters. The number of benzene rings is 1. The van der Waals surface area contributed by atoms with Gasteiger partial charge in [-0.25, -0.2) is 9.78 Å². The summed E-state index contributed by atoms with van der Waals surface area (Å²) >= 11 is 1.25.